The normalized spacial score (nSPS) is 38.0. The van der Waals surface area contributed by atoms with Crippen molar-refractivity contribution in [3.63, 3.8) is 0 Å². The van der Waals surface area contributed by atoms with Crippen molar-refractivity contribution >= 4 is 11.6 Å². The lowest BCUT2D eigenvalue weighted by molar-refractivity contribution is -0.102. The number of rotatable bonds is 3. The molecule has 5 rings (SSSR count). The molecule has 0 amide bonds. The maximum Gasteiger partial charge on any atom is 0.166 e. The number of benzene rings is 1. The molecule has 2 fully saturated rings. The van der Waals surface area contributed by atoms with Crippen molar-refractivity contribution in [3.8, 4) is 11.5 Å². The molecule has 134 valence electrons. The maximum atomic E-state index is 10.8. The first kappa shape index (κ1) is 16.0. The van der Waals surface area contributed by atoms with E-state index in [1.807, 2.05) is 12.1 Å². The van der Waals surface area contributed by atoms with E-state index < -0.39 is 6.10 Å². The molecule has 1 spiro atoms. The molecule has 1 N–H and O–H groups in total. The van der Waals surface area contributed by atoms with Gasteiger partial charge in [-0.2, -0.15) is 0 Å². The van der Waals surface area contributed by atoms with E-state index in [1.54, 1.807) is 7.11 Å². The van der Waals surface area contributed by atoms with E-state index >= 15 is 0 Å². The fraction of sp³-hybridized carbons (Fsp3) is 0.600. The third kappa shape index (κ3) is 1.85. The number of nitrogens with zero attached hydrogens (tertiary/aromatic N) is 1. The number of aliphatic hydroxyl groups excluding tert-OH is 1. The van der Waals surface area contributed by atoms with Crippen LogP contribution in [0.3, 0.4) is 0 Å². The van der Waals surface area contributed by atoms with Gasteiger partial charge in [-0.15, -0.1) is 6.58 Å². The second kappa shape index (κ2) is 5.38. The molecule has 2 aliphatic heterocycles. The third-order valence-corrected chi connectivity index (χ3v) is 7.38. The Kier molecular flexibility index (Phi) is 3.44. The van der Waals surface area contributed by atoms with Crippen LogP contribution in [0.5, 0.6) is 11.5 Å². The molecule has 4 aliphatic rings. The lowest BCUT2D eigenvalue weighted by atomic mass is 9.51. The quantitative estimate of drug-likeness (QED) is 0.840. The zero-order valence-electron chi connectivity index (χ0n) is 14.5. The molecule has 2 bridgehead atoms. The van der Waals surface area contributed by atoms with Crippen LogP contribution in [0.25, 0.3) is 0 Å². The summed E-state index contributed by atoms with van der Waals surface area (Å²) in [5, 5.41) is 11.5. The zero-order valence-corrected chi connectivity index (χ0v) is 15.3. The Morgan fingerprint density at radius 3 is 3.12 bits per heavy atom. The molecule has 0 radical (unpaired) electrons. The van der Waals surface area contributed by atoms with Crippen molar-refractivity contribution in [3.05, 3.63) is 34.9 Å². The van der Waals surface area contributed by atoms with Crippen molar-refractivity contribution in [2.45, 2.75) is 49.3 Å². The predicted molar refractivity (Wildman–Crippen MR) is 96.7 cm³/mol. The van der Waals surface area contributed by atoms with Crippen LogP contribution in [0.4, 0.5) is 0 Å². The summed E-state index contributed by atoms with van der Waals surface area (Å²) >= 11 is 6.68. The van der Waals surface area contributed by atoms with E-state index in [0.29, 0.717) is 17.7 Å². The first-order valence-electron chi connectivity index (χ1n) is 9.21. The highest BCUT2D eigenvalue weighted by molar-refractivity contribution is 6.31. The molecule has 2 unspecified atom stereocenters. The SMILES string of the molecule is C=CCN1CCC23c4c5c(Cl)cc(OC)c4O[C@H]2[C@@H](O)CC[C@H]3C1C5. The van der Waals surface area contributed by atoms with Crippen molar-refractivity contribution < 1.29 is 14.6 Å². The number of halogens is 1. The van der Waals surface area contributed by atoms with Gasteiger partial charge >= 0.3 is 0 Å². The van der Waals surface area contributed by atoms with Crippen molar-refractivity contribution in [1.82, 2.24) is 4.90 Å². The fourth-order valence-corrected chi connectivity index (χ4v) is 6.44. The van der Waals surface area contributed by atoms with E-state index in [1.165, 1.54) is 11.1 Å². The van der Waals surface area contributed by atoms with Gasteiger partial charge < -0.3 is 14.6 Å². The molecule has 1 aromatic rings. The Balaban J connectivity index is 1.76. The summed E-state index contributed by atoms with van der Waals surface area (Å²) in [6.45, 7) is 5.85. The van der Waals surface area contributed by atoms with Gasteiger partial charge in [0.1, 0.15) is 6.10 Å². The molecule has 5 heteroatoms. The Hall–Kier alpha value is -1.23. The Morgan fingerprint density at radius 1 is 1.52 bits per heavy atom. The molecular weight excluding hydrogens is 338 g/mol. The molecule has 2 heterocycles. The first-order chi connectivity index (χ1) is 12.1. The van der Waals surface area contributed by atoms with Gasteiger partial charge in [-0.25, -0.2) is 0 Å². The average Bonchev–Trinajstić information content (AvgIpc) is 2.95. The largest absolute Gasteiger partial charge is 0.493 e. The lowest BCUT2D eigenvalue weighted by Crippen LogP contribution is -2.66. The number of piperidine rings is 1. The monoisotopic (exact) mass is 361 g/mol. The minimum atomic E-state index is -0.426. The number of hydrogen-bond donors (Lipinski definition) is 1. The van der Waals surface area contributed by atoms with Gasteiger partial charge in [-0.1, -0.05) is 17.7 Å². The number of aliphatic hydroxyl groups is 1. The minimum absolute atomic E-state index is 0.124. The van der Waals surface area contributed by atoms with Gasteiger partial charge in [0.05, 0.1) is 13.2 Å². The highest BCUT2D eigenvalue weighted by Crippen LogP contribution is 2.64. The van der Waals surface area contributed by atoms with E-state index in [-0.39, 0.29) is 11.5 Å². The average molecular weight is 362 g/mol. The molecule has 1 saturated heterocycles. The van der Waals surface area contributed by atoms with Gasteiger partial charge in [0.15, 0.2) is 11.5 Å². The molecule has 2 aliphatic carbocycles. The second-order valence-corrected chi connectivity index (χ2v) is 8.29. The summed E-state index contributed by atoms with van der Waals surface area (Å²) in [4.78, 5) is 2.54. The summed E-state index contributed by atoms with van der Waals surface area (Å²) in [6.07, 6.45) is 5.16. The van der Waals surface area contributed by atoms with E-state index in [0.717, 1.165) is 49.5 Å². The second-order valence-electron chi connectivity index (χ2n) is 7.88. The topological polar surface area (TPSA) is 41.9 Å². The molecule has 4 nitrogen and oxygen atoms in total. The number of ether oxygens (including phenoxy) is 2. The Bertz CT molecular complexity index is 751. The standard InChI is InChI=1S/C20H24ClNO3/c1-3-7-22-8-6-20-12-4-5-15(23)19(20)25-18-16(24-2)10-13(21)11(17(18)20)9-14(12)22/h3,10,12,14-15,19,23H,1,4-9H2,2H3/t12-,14?,15-,19-,20?/m0/s1. The van der Waals surface area contributed by atoms with Crippen LogP contribution in [0, 0.1) is 5.92 Å². The smallest absolute Gasteiger partial charge is 0.166 e. The van der Waals surface area contributed by atoms with Crippen molar-refractivity contribution in [2.75, 3.05) is 20.2 Å². The summed E-state index contributed by atoms with van der Waals surface area (Å²) in [7, 11) is 1.66. The van der Waals surface area contributed by atoms with E-state index in [2.05, 4.69) is 11.5 Å². The number of likely N-dealkylation sites (tertiary alicyclic amines) is 1. The lowest BCUT2D eigenvalue weighted by Gasteiger charge is -2.59. The van der Waals surface area contributed by atoms with Gasteiger partial charge in [-0.05, 0) is 43.7 Å². The van der Waals surface area contributed by atoms with E-state index in [4.69, 9.17) is 21.1 Å². The van der Waals surface area contributed by atoms with E-state index in [9.17, 15) is 5.11 Å². The summed E-state index contributed by atoms with van der Waals surface area (Å²) in [6, 6.07) is 2.32. The van der Waals surface area contributed by atoms with Crippen LogP contribution < -0.4 is 9.47 Å². The Morgan fingerprint density at radius 2 is 2.36 bits per heavy atom. The highest BCUT2D eigenvalue weighted by atomic mass is 35.5. The van der Waals surface area contributed by atoms with Crippen LogP contribution in [0.1, 0.15) is 30.4 Å². The van der Waals surface area contributed by atoms with Crippen LogP contribution in [-0.2, 0) is 11.8 Å². The summed E-state index contributed by atoms with van der Waals surface area (Å²) in [5.41, 5.74) is 2.31. The number of methoxy groups -OCH3 is 1. The minimum Gasteiger partial charge on any atom is -0.493 e. The molecule has 5 atom stereocenters. The molecule has 1 saturated carbocycles. The fourth-order valence-electron chi connectivity index (χ4n) is 6.17. The third-order valence-electron chi connectivity index (χ3n) is 7.04. The van der Waals surface area contributed by atoms with Crippen molar-refractivity contribution in [1.29, 1.82) is 0 Å². The zero-order chi connectivity index (χ0) is 17.3. The highest BCUT2D eigenvalue weighted by Gasteiger charge is 2.65. The molecule has 0 aromatic heterocycles. The summed E-state index contributed by atoms with van der Waals surface area (Å²) in [5.74, 6) is 2.02. The van der Waals surface area contributed by atoms with Gasteiger partial charge in [-0.3, -0.25) is 4.90 Å². The van der Waals surface area contributed by atoms with Gasteiger partial charge in [0, 0.05) is 34.7 Å². The van der Waals surface area contributed by atoms with Crippen LogP contribution in [0.2, 0.25) is 5.02 Å². The van der Waals surface area contributed by atoms with Gasteiger partial charge in [0.25, 0.3) is 0 Å². The van der Waals surface area contributed by atoms with Crippen LogP contribution in [0.15, 0.2) is 18.7 Å². The molecular formula is C20H24ClNO3. The van der Waals surface area contributed by atoms with Gasteiger partial charge in [0.2, 0.25) is 0 Å². The van der Waals surface area contributed by atoms with Crippen LogP contribution in [-0.4, -0.2) is 48.5 Å². The van der Waals surface area contributed by atoms with Crippen molar-refractivity contribution in [2.24, 2.45) is 5.92 Å². The maximum absolute atomic E-state index is 10.8. The number of hydrogen-bond acceptors (Lipinski definition) is 4. The predicted octanol–water partition coefficient (Wildman–Crippen LogP) is 2.93. The molecule has 25 heavy (non-hydrogen) atoms. The Labute approximate surface area is 153 Å². The summed E-state index contributed by atoms with van der Waals surface area (Å²) < 4.78 is 12.0. The molecule has 1 aromatic carbocycles. The van der Waals surface area contributed by atoms with Crippen LogP contribution >= 0.6 is 11.6 Å². The first-order valence-corrected chi connectivity index (χ1v) is 9.59.